The Morgan fingerprint density at radius 3 is 2.68 bits per heavy atom. The molecule has 19 heavy (non-hydrogen) atoms. The monoisotopic (exact) mass is 339 g/mol. The van der Waals surface area contributed by atoms with Crippen LogP contribution in [0.1, 0.15) is 17.4 Å². The van der Waals surface area contributed by atoms with Crippen LogP contribution in [0.15, 0.2) is 40.2 Å². The molecule has 0 fully saturated rings. The summed E-state index contributed by atoms with van der Waals surface area (Å²) < 4.78 is 6.90. The maximum Gasteiger partial charge on any atom is 0.119 e. The van der Waals surface area contributed by atoms with E-state index in [2.05, 4.69) is 58.7 Å². The second-order valence-corrected chi connectivity index (χ2v) is 6.55. The highest BCUT2D eigenvalue weighted by molar-refractivity contribution is 9.10. The fourth-order valence-electron chi connectivity index (χ4n) is 1.64. The quantitative estimate of drug-likeness (QED) is 0.843. The van der Waals surface area contributed by atoms with Crippen LogP contribution in [0.25, 0.3) is 0 Å². The topological polar surface area (TPSA) is 21.3 Å². The number of benzene rings is 1. The molecule has 1 atom stereocenters. The van der Waals surface area contributed by atoms with Crippen molar-refractivity contribution in [2.24, 2.45) is 0 Å². The molecule has 0 aliphatic heterocycles. The molecule has 0 aliphatic rings. The van der Waals surface area contributed by atoms with Crippen LogP contribution in [-0.2, 0) is 6.54 Å². The third-order valence-electron chi connectivity index (χ3n) is 2.77. The lowest BCUT2D eigenvalue weighted by atomic mass is 10.2. The van der Waals surface area contributed by atoms with E-state index in [1.807, 2.05) is 12.1 Å². The molecule has 2 aromatic rings. The van der Waals surface area contributed by atoms with Crippen molar-refractivity contribution in [2.45, 2.75) is 26.4 Å². The van der Waals surface area contributed by atoms with E-state index in [9.17, 15) is 0 Å². The lowest BCUT2D eigenvalue weighted by molar-refractivity contribution is 0.273. The molecule has 0 bridgehead atoms. The van der Waals surface area contributed by atoms with Crippen molar-refractivity contribution in [3.8, 4) is 5.75 Å². The van der Waals surface area contributed by atoms with E-state index in [4.69, 9.17) is 4.74 Å². The molecule has 0 spiro atoms. The Morgan fingerprint density at radius 1 is 1.32 bits per heavy atom. The summed E-state index contributed by atoms with van der Waals surface area (Å²) in [4.78, 5) is 1.33. The third-order valence-corrected chi connectivity index (χ3v) is 4.47. The minimum Gasteiger partial charge on any atom is -0.492 e. The first-order valence-electron chi connectivity index (χ1n) is 6.29. The van der Waals surface area contributed by atoms with Crippen LogP contribution < -0.4 is 10.1 Å². The summed E-state index contributed by atoms with van der Waals surface area (Å²) in [5.41, 5.74) is 1.25. The lowest BCUT2D eigenvalue weighted by Gasteiger charge is -2.14. The fourth-order valence-corrected chi connectivity index (χ4v) is 3.04. The summed E-state index contributed by atoms with van der Waals surface area (Å²) in [6.07, 6.45) is 0. The molecule has 0 aliphatic carbocycles. The largest absolute Gasteiger partial charge is 0.492 e. The van der Waals surface area contributed by atoms with Crippen molar-refractivity contribution < 1.29 is 4.74 Å². The molecule has 1 aromatic heterocycles. The molecule has 1 heterocycles. The minimum atomic E-state index is 0.321. The molecule has 0 amide bonds. The Morgan fingerprint density at radius 2 is 2.05 bits per heavy atom. The van der Waals surface area contributed by atoms with Gasteiger partial charge in [0.05, 0.1) is 0 Å². The van der Waals surface area contributed by atoms with Crippen molar-refractivity contribution in [1.82, 2.24) is 5.32 Å². The van der Waals surface area contributed by atoms with Gasteiger partial charge >= 0.3 is 0 Å². The van der Waals surface area contributed by atoms with Gasteiger partial charge in [-0.2, -0.15) is 0 Å². The van der Waals surface area contributed by atoms with Crippen LogP contribution >= 0.6 is 27.3 Å². The smallest absolute Gasteiger partial charge is 0.119 e. The maximum absolute atomic E-state index is 5.75. The van der Waals surface area contributed by atoms with Gasteiger partial charge < -0.3 is 10.1 Å². The Labute approximate surface area is 126 Å². The number of hydrogen-bond donors (Lipinski definition) is 1. The van der Waals surface area contributed by atoms with Gasteiger partial charge in [0.15, 0.2) is 0 Å². The average molecular weight is 340 g/mol. The summed E-state index contributed by atoms with van der Waals surface area (Å²) in [5.74, 6) is 0.929. The molecule has 102 valence electrons. The van der Waals surface area contributed by atoms with Gasteiger partial charge in [0.2, 0.25) is 0 Å². The predicted molar refractivity (Wildman–Crippen MR) is 85.0 cm³/mol. The van der Waals surface area contributed by atoms with E-state index in [0.29, 0.717) is 12.6 Å². The van der Waals surface area contributed by atoms with Crippen LogP contribution in [0.5, 0.6) is 5.75 Å². The van der Waals surface area contributed by atoms with Gasteiger partial charge in [0.25, 0.3) is 0 Å². The average Bonchev–Trinajstić information content (AvgIpc) is 2.81. The highest BCUT2D eigenvalue weighted by atomic mass is 79.9. The van der Waals surface area contributed by atoms with Gasteiger partial charge in [-0.25, -0.2) is 0 Å². The molecule has 1 unspecified atom stereocenters. The first kappa shape index (κ1) is 14.6. The van der Waals surface area contributed by atoms with E-state index in [-0.39, 0.29) is 0 Å². The van der Waals surface area contributed by atoms with Crippen molar-refractivity contribution in [3.05, 3.63) is 50.6 Å². The molecule has 2 rings (SSSR count). The zero-order valence-corrected chi connectivity index (χ0v) is 13.6. The van der Waals surface area contributed by atoms with E-state index in [1.165, 1.54) is 10.4 Å². The first-order valence-corrected chi connectivity index (χ1v) is 7.96. The standard InChI is InChI=1S/C15H18BrNOS/c1-11-3-5-14(6-4-11)18-9-12(2)17-8-15-7-13(16)10-19-15/h3-7,10,12,17H,8-9H2,1-2H3. The summed E-state index contributed by atoms with van der Waals surface area (Å²) in [6, 6.07) is 10.6. The van der Waals surface area contributed by atoms with Gasteiger partial charge in [0, 0.05) is 27.3 Å². The Hall–Kier alpha value is -0.840. The number of aryl methyl sites for hydroxylation is 1. The van der Waals surface area contributed by atoms with Gasteiger partial charge in [-0.15, -0.1) is 11.3 Å². The Balaban J connectivity index is 1.72. The highest BCUT2D eigenvalue weighted by Gasteiger charge is 2.04. The summed E-state index contributed by atoms with van der Waals surface area (Å²) >= 11 is 5.22. The number of thiophene rings is 1. The molecule has 2 nitrogen and oxygen atoms in total. The van der Waals surface area contributed by atoms with E-state index in [1.54, 1.807) is 11.3 Å². The molecular weight excluding hydrogens is 322 g/mol. The minimum absolute atomic E-state index is 0.321. The summed E-state index contributed by atoms with van der Waals surface area (Å²) in [6.45, 7) is 5.77. The molecule has 0 saturated heterocycles. The molecular formula is C15H18BrNOS. The third kappa shape index (κ3) is 4.97. The second-order valence-electron chi connectivity index (χ2n) is 4.64. The van der Waals surface area contributed by atoms with E-state index in [0.717, 1.165) is 16.8 Å². The number of nitrogens with one attached hydrogen (secondary N) is 1. The first-order chi connectivity index (χ1) is 9.13. The van der Waals surface area contributed by atoms with Gasteiger partial charge in [-0.05, 0) is 48.0 Å². The molecule has 0 saturated carbocycles. The zero-order valence-electron chi connectivity index (χ0n) is 11.2. The van der Waals surface area contributed by atoms with Gasteiger partial charge in [0.1, 0.15) is 12.4 Å². The molecule has 4 heteroatoms. The maximum atomic E-state index is 5.75. The Kier molecular flexibility index (Phi) is 5.43. The van der Waals surface area contributed by atoms with Crippen LogP contribution in [-0.4, -0.2) is 12.6 Å². The normalized spacial score (nSPS) is 12.4. The van der Waals surface area contributed by atoms with Crippen molar-refractivity contribution in [3.63, 3.8) is 0 Å². The van der Waals surface area contributed by atoms with Crippen molar-refractivity contribution in [2.75, 3.05) is 6.61 Å². The molecule has 1 aromatic carbocycles. The van der Waals surface area contributed by atoms with Crippen LogP contribution in [0.3, 0.4) is 0 Å². The van der Waals surface area contributed by atoms with Crippen LogP contribution in [0.4, 0.5) is 0 Å². The number of ether oxygens (including phenoxy) is 1. The van der Waals surface area contributed by atoms with E-state index >= 15 is 0 Å². The predicted octanol–water partition coefficient (Wildman–Crippen LogP) is 4.38. The van der Waals surface area contributed by atoms with Crippen molar-refractivity contribution in [1.29, 1.82) is 0 Å². The van der Waals surface area contributed by atoms with Gasteiger partial charge in [-0.1, -0.05) is 17.7 Å². The molecule has 1 N–H and O–H groups in total. The van der Waals surface area contributed by atoms with Crippen molar-refractivity contribution >= 4 is 27.3 Å². The lowest BCUT2D eigenvalue weighted by Crippen LogP contribution is -2.31. The highest BCUT2D eigenvalue weighted by Crippen LogP contribution is 2.19. The summed E-state index contributed by atoms with van der Waals surface area (Å²) in [5, 5.41) is 5.56. The van der Waals surface area contributed by atoms with Crippen LogP contribution in [0, 0.1) is 6.92 Å². The summed E-state index contributed by atoms with van der Waals surface area (Å²) in [7, 11) is 0. The second kappa shape index (κ2) is 7.08. The number of hydrogen-bond acceptors (Lipinski definition) is 3. The SMILES string of the molecule is Cc1ccc(OCC(C)NCc2cc(Br)cs2)cc1. The number of halogens is 1. The fraction of sp³-hybridized carbons (Fsp3) is 0.333. The van der Waals surface area contributed by atoms with Gasteiger partial charge in [-0.3, -0.25) is 0 Å². The number of rotatable bonds is 6. The zero-order chi connectivity index (χ0) is 13.7. The van der Waals surface area contributed by atoms with E-state index < -0.39 is 0 Å². The Bertz CT molecular complexity index is 509. The molecule has 0 radical (unpaired) electrons. The van der Waals surface area contributed by atoms with Crippen LogP contribution in [0.2, 0.25) is 0 Å².